The lowest BCUT2D eigenvalue weighted by Crippen LogP contribution is -2.38. The van der Waals surface area contributed by atoms with Gasteiger partial charge in [-0.1, -0.05) is 28.1 Å². The number of alkyl halides is 1. The van der Waals surface area contributed by atoms with Gasteiger partial charge in [0.15, 0.2) is 0 Å². The second-order valence-corrected chi connectivity index (χ2v) is 6.21. The molecule has 88 valence electrons. The first-order valence-electron chi connectivity index (χ1n) is 5.06. The highest BCUT2D eigenvalue weighted by atomic mass is 79.9. The third kappa shape index (κ3) is 3.59. The van der Waals surface area contributed by atoms with Gasteiger partial charge in [0.2, 0.25) is 5.91 Å². The molecule has 0 saturated carbocycles. The van der Waals surface area contributed by atoms with E-state index in [2.05, 4.69) is 21.2 Å². The number of amides is 1. The number of rotatable bonds is 3. The summed E-state index contributed by atoms with van der Waals surface area (Å²) in [5.41, 5.74) is 0.755. The molecule has 1 unspecified atom stereocenters. The number of halogens is 2. The molecule has 0 radical (unpaired) electrons. The van der Waals surface area contributed by atoms with Crippen molar-refractivity contribution in [2.45, 2.75) is 31.1 Å². The molecule has 4 heteroatoms. The molecule has 1 N–H and O–H groups in total. The molecular weight excluding hydrogens is 273 g/mol. The Bertz CT molecular complexity index is 387. The number of benzene rings is 1. The Balaban J connectivity index is 2.73. The van der Waals surface area contributed by atoms with Crippen LogP contribution in [0.25, 0.3) is 0 Å². The van der Waals surface area contributed by atoms with Crippen molar-refractivity contribution < 1.29 is 9.18 Å². The monoisotopic (exact) mass is 287 g/mol. The lowest BCUT2D eigenvalue weighted by Gasteiger charge is -2.20. The highest BCUT2D eigenvalue weighted by Gasteiger charge is 2.25. The molecule has 0 saturated heterocycles. The normalized spacial score (nSPS) is 13.3. The topological polar surface area (TPSA) is 29.1 Å². The molecule has 0 bridgehead atoms. The van der Waals surface area contributed by atoms with Crippen LogP contribution in [0.5, 0.6) is 0 Å². The summed E-state index contributed by atoms with van der Waals surface area (Å²) in [5.74, 6) is -0.416. The Morgan fingerprint density at radius 2 is 2.12 bits per heavy atom. The van der Waals surface area contributed by atoms with Gasteiger partial charge in [-0.2, -0.15) is 0 Å². The van der Waals surface area contributed by atoms with Crippen molar-refractivity contribution >= 4 is 21.8 Å². The third-order valence-corrected chi connectivity index (χ3v) is 2.60. The number of nitrogens with one attached hydrogen (secondary N) is 1. The Labute approximate surface area is 103 Å². The Kier molecular flexibility index (Phi) is 4.08. The molecule has 0 aliphatic rings. The predicted octanol–water partition coefficient (Wildman–Crippen LogP) is 3.18. The van der Waals surface area contributed by atoms with Crippen LogP contribution in [-0.4, -0.2) is 10.2 Å². The molecule has 2 nitrogen and oxygen atoms in total. The van der Waals surface area contributed by atoms with Crippen LogP contribution in [0.15, 0.2) is 24.3 Å². The van der Waals surface area contributed by atoms with Crippen LogP contribution in [-0.2, 0) is 4.79 Å². The summed E-state index contributed by atoms with van der Waals surface area (Å²) >= 11 is 3.27. The van der Waals surface area contributed by atoms with Crippen LogP contribution in [0.1, 0.15) is 32.4 Å². The Hall–Kier alpha value is -0.900. The molecule has 0 spiro atoms. The average molecular weight is 288 g/mol. The van der Waals surface area contributed by atoms with E-state index >= 15 is 0 Å². The second kappa shape index (κ2) is 4.95. The summed E-state index contributed by atoms with van der Waals surface area (Å²) in [6.45, 7) is 5.35. The average Bonchev–Trinajstić information content (AvgIpc) is 2.16. The first-order valence-corrected chi connectivity index (χ1v) is 5.85. The van der Waals surface area contributed by atoms with Gasteiger partial charge in [0.1, 0.15) is 5.82 Å². The van der Waals surface area contributed by atoms with Gasteiger partial charge in [0, 0.05) is 0 Å². The molecular formula is C12H15BrFNO. The minimum atomic E-state index is -0.616. The van der Waals surface area contributed by atoms with Crippen molar-refractivity contribution in [2.24, 2.45) is 0 Å². The van der Waals surface area contributed by atoms with Crippen LogP contribution in [0, 0.1) is 5.82 Å². The van der Waals surface area contributed by atoms with E-state index in [1.54, 1.807) is 26.0 Å². The maximum atomic E-state index is 13.0. The molecule has 16 heavy (non-hydrogen) atoms. The van der Waals surface area contributed by atoms with Gasteiger partial charge < -0.3 is 5.32 Å². The van der Waals surface area contributed by atoms with Crippen LogP contribution in [0.4, 0.5) is 4.39 Å². The van der Waals surface area contributed by atoms with Gasteiger partial charge in [0.05, 0.1) is 10.4 Å². The summed E-state index contributed by atoms with van der Waals surface area (Å²) in [5, 5.41) is 2.81. The fourth-order valence-electron chi connectivity index (χ4n) is 1.23. The molecule has 1 atom stereocenters. The van der Waals surface area contributed by atoms with Gasteiger partial charge in [-0.05, 0) is 38.5 Å². The van der Waals surface area contributed by atoms with Gasteiger partial charge >= 0.3 is 0 Å². The molecule has 0 aliphatic heterocycles. The lowest BCUT2D eigenvalue weighted by atomic mass is 10.1. The predicted molar refractivity (Wildman–Crippen MR) is 66.0 cm³/mol. The minimum absolute atomic E-state index is 0.121. The van der Waals surface area contributed by atoms with E-state index in [0.717, 1.165) is 5.56 Å². The van der Waals surface area contributed by atoms with Gasteiger partial charge in [-0.3, -0.25) is 4.79 Å². The Morgan fingerprint density at radius 3 is 2.62 bits per heavy atom. The zero-order chi connectivity index (χ0) is 12.3. The molecule has 0 aliphatic carbocycles. The Morgan fingerprint density at radius 1 is 1.50 bits per heavy atom. The van der Waals surface area contributed by atoms with Crippen molar-refractivity contribution in [1.82, 2.24) is 5.32 Å². The number of carbonyl (C=O) groups is 1. The largest absolute Gasteiger partial charge is 0.348 e. The van der Waals surface area contributed by atoms with Gasteiger partial charge in [-0.15, -0.1) is 0 Å². The first-order chi connectivity index (χ1) is 7.30. The van der Waals surface area contributed by atoms with Crippen molar-refractivity contribution in [1.29, 1.82) is 0 Å². The van der Waals surface area contributed by atoms with E-state index in [0.29, 0.717) is 0 Å². The minimum Gasteiger partial charge on any atom is -0.348 e. The number of carbonyl (C=O) groups excluding carboxylic acids is 1. The molecule has 1 aromatic carbocycles. The van der Waals surface area contributed by atoms with Crippen LogP contribution >= 0.6 is 15.9 Å². The maximum Gasteiger partial charge on any atom is 0.236 e. The summed E-state index contributed by atoms with van der Waals surface area (Å²) in [6, 6.07) is 6.01. The van der Waals surface area contributed by atoms with Crippen molar-refractivity contribution in [2.75, 3.05) is 0 Å². The summed E-state index contributed by atoms with van der Waals surface area (Å²) in [6.07, 6.45) is 0. The molecule has 0 heterocycles. The standard InChI is InChI=1S/C12H15BrFNO/c1-8(15-11(16)12(2,3)13)9-5-4-6-10(14)7-9/h4-8H,1-3H3,(H,15,16). The van der Waals surface area contributed by atoms with E-state index in [4.69, 9.17) is 0 Å². The fraction of sp³-hybridized carbons (Fsp3) is 0.417. The summed E-state index contributed by atoms with van der Waals surface area (Å²) in [7, 11) is 0. The smallest absolute Gasteiger partial charge is 0.236 e. The van der Waals surface area contributed by atoms with E-state index in [9.17, 15) is 9.18 Å². The fourth-order valence-corrected chi connectivity index (χ4v) is 1.34. The first kappa shape index (κ1) is 13.2. The lowest BCUT2D eigenvalue weighted by molar-refractivity contribution is -0.123. The van der Waals surface area contributed by atoms with Crippen LogP contribution < -0.4 is 5.32 Å². The highest BCUT2D eigenvalue weighted by Crippen LogP contribution is 2.19. The van der Waals surface area contributed by atoms with Crippen LogP contribution in [0.2, 0.25) is 0 Å². The van der Waals surface area contributed by atoms with Crippen molar-refractivity contribution in [3.8, 4) is 0 Å². The van der Waals surface area contributed by atoms with Gasteiger partial charge in [0.25, 0.3) is 0 Å². The van der Waals surface area contributed by atoms with Crippen molar-refractivity contribution in [3.63, 3.8) is 0 Å². The highest BCUT2D eigenvalue weighted by molar-refractivity contribution is 9.10. The molecule has 1 rings (SSSR count). The van der Waals surface area contributed by atoms with E-state index in [1.807, 2.05) is 6.92 Å². The van der Waals surface area contributed by atoms with Gasteiger partial charge in [-0.25, -0.2) is 4.39 Å². The second-order valence-electron chi connectivity index (χ2n) is 4.22. The molecule has 0 fully saturated rings. The SMILES string of the molecule is CC(NC(=O)C(C)(C)Br)c1cccc(F)c1. The quantitative estimate of drug-likeness (QED) is 0.850. The summed E-state index contributed by atoms with van der Waals surface area (Å²) in [4.78, 5) is 11.7. The van der Waals surface area contributed by atoms with E-state index in [-0.39, 0.29) is 17.8 Å². The van der Waals surface area contributed by atoms with Crippen LogP contribution in [0.3, 0.4) is 0 Å². The van der Waals surface area contributed by atoms with E-state index in [1.165, 1.54) is 12.1 Å². The molecule has 1 aromatic rings. The molecule has 0 aromatic heterocycles. The van der Waals surface area contributed by atoms with E-state index < -0.39 is 4.32 Å². The summed E-state index contributed by atoms with van der Waals surface area (Å²) < 4.78 is 12.4. The zero-order valence-electron chi connectivity index (χ0n) is 9.55. The molecule has 1 amide bonds. The third-order valence-electron chi connectivity index (χ3n) is 2.24. The maximum absolute atomic E-state index is 13.0. The number of hydrogen-bond donors (Lipinski definition) is 1. The van der Waals surface area contributed by atoms with Crippen molar-refractivity contribution in [3.05, 3.63) is 35.6 Å². The number of hydrogen-bond acceptors (Lipinski definition) is 1. The zero-order valence-corrected chi connectivity index (χ0v) is 11.1.